The molecule has 0 spiro atoms. The van der Waals surface area contributed by atoms with Crippen LogP contribution in [0.25, 0.3) is 10.9 Å². The molecule has 0 amide bonds. The lowest BCUT2D eigenvalue weighted by Crippen LogP contribution is -2.10. The summed E-state index contributed by atoms with van der Waals surface area (Å²) < 4.78 is 7.44. The Morgan fingerprint density at radius 3 is 2.48 bits per heavy atom. The summed E-state index contributed by atoms with van der Waals surface area (Å²) in [6.07, 6.45) is 0.656. The van der Waals surface area contributed by atoms with Crippen molar-refractivity contribution in [2.45, 2.75) is 39.2 Å². The molecule has 0 fully saturated rings. The zero-order valence-electron chi connectivity index (χ0n) is 15.7. The highest BCUT2D eigenvalue weighted by Crippen LogP contribution is 2.42. The summed E-state index contributed by atoms with van der Waals surface area (Å²) in [5.41, 5.74) is 2.03. The van der Waals surface area contributed by atoms with Crippen LogP contribution < -0.4 is 4.74 Å². The number of nitrogens with zero attached hydrogens (tertiary/aromatic N) is 2. The van der Waals surface area contributed by atoms with E-state index in [1.807, 2.05) is 18.2 Å². The molecule has 0 bridgehead atoms. The van der Waals surface area contributed by atoms with Crippen LogP contribution >= 0.6 is 11.6 Å². The molecule has 0 radical (unpaired) electrons. The van der Waals surface area contributed by atoms with E-state index in [2.05, 4.69) is 38.1 Å². The number of rotatable bonds is 6. The average molecular weight is 387 g/mol. The van der Waals surface area contributed by atoms with Gasteiger partial charge in [-0.25, -0.2) is 0 Å². The van der Waals surface area contributed by atoms with E-state index in [1.54, 1.807) is 16.7 Å². The predicted octanol–water partition coefficient (Wildman–Crippen LogP) is 6.16. The van der Waals surface area contributed by atoms with Crippen molar-refractivity contribution in [1.82, 2.24) is 4.57 Å². The topological polar surface area (TPSA) is 63.8 Å². The maximum atomic E-state index is 11.1. The fourth-order valence-electron chi connectivity index (χ4n) is 3.10. The lowest BCUT2D eigenvalue weighted by Gasteiger charge is -2.19. The normalized spacial score (nSPS) is 11.7. The molecule has 1 aromatic heterocycles. The van der Waals surface area contributed by atoms with E-state index in [1.165, 1.54) is 5.56 Å². The second-order valence-corrected chi connectivity index (χ2v) is 7.93. The third kappa shape index (κ3) is 3.93. The third-order valence-corrected chi connectivity index (χ3v) is 4.91. The van der Waals surface area contributed by atoms with Crippen LogP contribution in [0.1, 0.15) is 32.8 Å². The highest BCUT2D eigenvalue weighted by atomic mass is 35.5. The summed E-state index contributed by atoms with van der Waals surface area (Å²) >= 11 is 6.16. The van der Waals surface area contributed by atoms with Crippen LogP contribution in [0.3, 0.4) is 0 Å². The number of benzene rings is 2. The van der Waals surface area contributed by atoms with Crippen molar-refractivity contribution in [2.24, 2.45) is 5.18 Å². The van der Waals surface area contributed by atoms with E-state index in [4.69, 9.17) is 16.3 Å². The van der Waals surface area contributed by atoms with E-state index in [9.17, 15) is 10.0 Å². The lowest BCUT2D eigenvalue weighted by atomic mass is 9.87. The highest BCUT2D eigenvalue weighted by Gasteiger charge is 2.19. The summed E-state index contributed by atoms with van der Waals surface area (Å²) in [6.45, 7) is 7.49. The largest absolute Gasteiger partial charge is 0.494 e. The number of nitroso groups, excluding NO2 is 1. The molecule has 0 aliphatic heterocycles. The molecule has 142 valence electrons. The fraction of sp³-hybridized carbons (Fsp3) is 0.333. The Labute approximate surface area is 163 Å². The van der Waals surface area contributed by atoms with Crippen molar-refractivity contribution in [3.63, 3.8) is 0 Å². The quantitative estimate of drug-likeness (QED) is 0.407. The minimum atomic E-state index is -0.164. The smallest absolute Gasteiger partial charge is 0.222 e. The number of hydrogen-bond donors (Lipinski definition) is 1. The van der Waals surface area contributed by atoms with Gasteiger partial charge in [0.25, 0.3) is 0 Å². The van der Waals surface area contributed by atoms with Gasteiger partial charge in [0.05, 0.1) is 22.5 Å². The molecule has 3 rings (SSSR count). The fourth-order valence-corrected chi connectivity index (χ4v) is 3.36. The summed E-state index contributed by atoms with van der Waals surface area (Å²) in [7, 11) is 0. The Morgan fingerprint density at radius 2 is 1.85 bits per heavy atom. The minimum absolute atomic E-state index is 0.0192. The Kier molecular flexibility index (Phi) is 5.42. The van der Waals surface area contributed by atoms with Gasteiger partial charge in [0.2, 0.25) is 5.88 Å². The Morgan fingerprint density at radius 1 is 1.15 bits per heavy atom. The SMILES string of the molecule is CC(C)(C)c1ccc(OCCCn2c(O)c(N=O)c3c(Cl)cccc32)cc1. The zero-order chi connectivity index (χ0) is 19.6. The van der Waals surface area contributed by atoms with Gasteiger partial charge in [0.1, 0.15) is 5.75 Å². The molecular formula is C21H23ClN2O3. The third-order valence-electron chi connectivity index (χ3n) is 4.59. The molecule has 0 saturated carbocycles. The average Bonchev–Trinajstić information content (AvgIpc) is 2.91. The van der Waals surface area contributed by atoms with E-state index < -0.39 is 0 Å². The van der Waals surface area contributed by atoms with Crippen LogP contribution in [0.4, 0.5) is 5.69 Å². The second kappa shape index (κ2) is 7.61. The first-order valence-electron chi connectivity index (χ1n) is 8.89. The molecule has 0 aliphatic carbocycles. The number of halogens is 1. The van der Waals surface area contributed by atoms with Gasteiger partial charge in [0, 0.05) is 6.54 Å². The van der Waals surface area contributed by atoms with Crippen molar-refractivity contribution in [3.05, 3.63) is 58.0 Å². The summed E-state index contributed by atoms with van der Waals surface area (Å²) in [6, 6.07) is 13.3. The monoisotopic (exact) mass is 386 g/mol. The van der Waals surface area contributed by atoms with Crippen molar-refractivity contribution in [3.8, 4) is 11.6 Å². The molecule has 1 heterocycles. The van der Waals surface area contributed by atoms with Crippen LogP contribution in [0.15, 0.2) is 47.6 Å². The van der Waals surface area contributed by atoms with Crippen LogP contribution in [-0.2, 0) is 12.0 Å². The van der Waals surface area contributed by atoms with Crippen molar-refractivity contribution < 1.29 is 9.84 Å². The molecule has 6 heteroatoms. The van der Waals surface area contributed by atoms with E-state index in [0.29, 0.717) is 35.5 Å². The van der Waals surface area contributed by atoms with Gasteiger partial charge in [-0.2, -0.15) is 0 Å². The van der Waals surface area contributed by atoms with Crippen LogP contribution in [-0.4, -0.2) is 16.3 Å². The first-order chi connectivity index (χ1) is 12.8. The van der Waals surface area contributed by atoms with Crippen LogP contribution in [0.5, 0.6) is 11.6 Å². The van der Waals surface area contributed by atoms with Gasteiger partial charge >= 0.3 is 0 Å². The molecule has 3 aromatic rings. The van der Waals surface area contributed by atoms with Gasteiger partial charge < -0.3 is 14.4 Å². The number of aromatic nitrogens is 1. The van der Waals surface area contributed by atoms with Crippen LogP contribution in [0, 0.1) is 4.91 Å². The minimum Gasteiger partial charge on any atom is -0.494 e. The predicted molar refractivity (Wildman–Crippen MR) is 109 cm³/mol. The molecule has 5 nitrogen and oxygen atoms in total. The molecule has 0 atom stereocenters. The molecule has 0 saturated heterocycles. The standard InChI is InChI=1S/C21H23ClN2O3/c1-21(2,3)14-8-10-15(11-9-14)27-13-5-12-24-17-7-4-6-16(22)18(17)19(23-26)20(24)25/h4,6-11,25H,5,12-13H2,1-3H3. The molecule has 1 N–H and O–H groups in total. The number of aromatic hydroxyl groups is 1. The Hall–Kier alpha value is -2.53. The zero-order valence-corrected chi connectivity index (χ0v) is 16.5. The van der Waals surface area contributed by atoms with E-state index >= 15 is 0 Å². The lowest BCUT2D eigenvalue weighted by molar-refractivity contribution is 0.298. The van der Waals surface area contributed by atoms with Gasteiger partial charge in [0.15, 0.2) is 5.69 Å². The molecular weight excluding hydrogens is 364 g/mol. The number of hydrogen-bond acceptors (Lipinski definition) is 4. The van der Waals surface area contributed by atoms with E-state index in [-0.39, 0.29) is 17.0 Å². The van der Waals surface area contributed by atoms with Gasteiger partial charge in [-0.05, 0) is 46.8 Å². The first-order valence-corrected chi connectivity index (χ1v) is 9.27. The van der Waals surface area contributed by atoms with Gasteiger partial charge in [-0.15, -0.1) is 4.91 Å². The summed E-state index contributed by atoms with van der Waals surface area (Å²) in [5.74, 6) is 0.644. The molecule has 27 heavy (non-hydrogen) atoms. The number of aryl methyl sites for hydroxylation is 1. The maximum absolute atomic E-state index is 11.1. The van der Waals surface area contributed by atoms with Crippen molar-refractivity contribution in [1.29, 1.82) is 0 Å². The van der Waals surface area contributed by atoms with Crippen molar-refractivity contribution in [2.75, 3.05) is 6.61 Å². The van der Waals surface area contributed by atoms with Gasteiger partial charge in [-0.3, -0.25) is 0 Å². The number of ether oxygens (including phenoxy) is 1. The summed E-state index contributed by atoms with van der Waals surface area (Å²) in [5, 5.41) is 14.1. The van der Waals surface area contributed by atoms with Crippen LogP contribution in [0.2, 0.25) is 5.02 Å². The number of fused-ring (bicyclic) bond motifs is 1. The molecule has 0 unspecified atom stereocenters. The maximum Gasteiger partial charge on any atom is 0.222 e. The molecule has 2 aromatic carbocycles. The summed E-state index contributed by atoms with van der Waals surface area (Å²) in [4.78, 5) is 11.1. The highest BCUT2D eigenvalue weighted by molar-refractivity contribution is 6.36. The van der Waals surface area contributed by atoms with Crippen molar-refractivity contribution >= 4 is 28.2 Å². The van der Waals surface area contributed by atoms with Gasteiger partial charge in [-0.1, -0.05) is 50.6 Å². The Bertz CT molecular complexity index is 956. The second-order valence-electron chi connectivity index (χ2n) is 7.53. The first kappa shape index (κ1) is 19.2. The van der Waals surface area contributed by atoms with E-state index in [0.717, 1.165) is 5.75 Å². The molecule has 0 aliphatic rings. The Balaban J connectivity index is 1.67.